The van der Waals surface area contributed by atoms with Gasteiger partial charge in [0.25, 0.3) is 0 Å². The number of carbonyl (C=O) groups is 1. The van der Waals surface area contributed by atoms with E-state index >= 15 is 0 Å². The fraction of sp³-hybridized carbons (Fsp3) is 0.711. The first kappa shape index (κ1) is 49.6. The zero-order valence-corrected chi connectivity index (χ0v) is 33.7. The normalized spacial score (nSPS) is 22.2. The highest BCUT2D eigenvalue weighted by atomic mass is 16.7. The van der Waals surface area contributed by atoms with Crippen molar-refractivity contribution in [2.45, 2.75) is 192 Å². The van der Waals surface area contributed by atoms with Gasteiger partial charge in [0.15, 0.2) is 6.29 Å². The summed E-state index contributed by atoms with van der Waals surface area (Å²) in [4.78, 5) is 12.9. The van der Waals surface area contributed by atoms with Crippen LogP contribution in [0.15, 0.2) is 72.9 Å². The summed E-state index contributed by atoms with van der Waals surface area (Å²) in [6, 6.07) is -0.824. The number of ether oxygens (including phenoxy) is 2. The summed E-state index contributed by atoms with van der Waals surface area (Å²) in [5.74, 6) is -0.200. The van der Waals surface area contributed by atoms with Gasteiger partial charge in [0, 0.05) is 6.42 Å². The van der Waals surface area contributed by atoms with E-state index in [0.29, 0.717) is 6.42 Å². The summed E-state index contributed by atoms with van der Waals surface area (Å²) in [5.41, 5.74) is 0. The van der Waals surface area contributed by atoms with Crippen LogP contribution in [0.3, 0.4) is 0 Å². The van der Waals surface area contributed by atoms with Gasteiger partial charge in [0.05, 0.1) is 25.4 Å². The maximum Gasteiger partial charge on any atom is 0.220 e. The van der Waals surface area contributed by atoms with Crippen molar-refractivity contribution in [2.24, 2.45) is 0 Å². The van der Waals surface area contributed by atoms with E-state index in [0.717, 1.165) is 89.9 Å². The van der Waals surface area contributed by atoms with E-state index in [-0.39, 0.29) is 12.5 Å². The summed E-state index contributed by atoms with van der Waals surface area (Å²) in [7, 11) is 0. The minimum atomic E-state index is -1.57. The molecule has 1 amide bonds. The Kier molecular flexibility index (Phi) is 32.2. The third kappa shape index (κ3) is 25.7. The third-order valence-electron chi connectivity index (χ3n) is 9.51. The predicted octanol–water partition coefficient (Wildman–Crippen LogP) is 8.22. The fourth-order valence-corrected chi connectivity index (χ4v) is 6.09. The van der Waals surface area contributed by atoms with Crippen molar-refractivity contribution in [2.75, 3.05) is 13.2 Å². The molecule has 1 fully saturated rings. The van der Waals surface area contributed by atoms with Crippen LogP contribution in [0.5, 0.6) is 0 Å². The lowest BCUT2D eigenvalue weighted by Gasteiger charge is -2.40. The molecule has 1 aliphatic heterocycles. The van der Waals surface area contributed by atoms with Gasteiger partial charge in [-0.15, -0.1) is 0 Å². The molecule has 310 valence electrons. The summed E-state index contributed by atoms with van der Waals surface area (Å²) in [6.45, 7) is 3.54. The van der Waals surface area contributed by atoms with Crippen LogP contribution in [0.25, 0.3) is 0 Å². The van der Waals surface area contributed by atoms with Crippen molar-refractivity contribution >= 4 is 5.91 Å². The molecule has 0 spiro atoms. The van der Waals surface area contributed by atoms with Crippen molar-refractivity contribution < 1.29 is 39.8 Å². The van der Waals surface area contributed by atoms with Gasteiger partial charge in [-0.05, 0) is 64.2 Å². The van der Waals surface area contributed by atoms with E-state index in [1.54, 1.807) is 6.08 Å². The Labute approximate surface area is 328 Å². The lowest BCUT2D eigenvalue weighted by Crippen LogP contribution is -2.60. The topological polar surface area (TPSA) is 149 Å². The fourth-order valence-electron chi connectivity index (χ4n) is 6.09. The van der Waals surface area contributed by atoms with Crippen LogP contribution in [0.1, 0.15) is 149 Å². The highest BCUT2D eigenvalue weighted by Gasteiger charge is 2.44. The second kappa shape index (κ2) is 35.1. The van der Waals surface area contributed by atoms with Crippen LogP contribution in [0.2, 0.25) is 0 Å². The molecular formula is C45H77NO8. The SMILES string of the molecule is CC/C=C\C/C=C\C/C=C\C/C=C\CCCCCCCCCCCCC(=O)NC(COC1OC(CO)C(O)C(O)C1O)C(O)/C=C/CC/C=C/CCCC. The third-order valence-corrected chi connectivity index (χ3v) is 9.51. The molecule has 0 bridgehead atoms. The van der Waals surface area contributed by atoms with Gasteiger partial charge < -0.3 is 40.3 Å². The average Bonchev–Trinajstić information content (AvgIpc) is 3.17. The molecule has 0 radical (unpaired) electrons. The Morgan fingerprint density at radius 3 is 1.78 bits per heavy atom. The first-order valence-corrected chi connectivity index (χ1v) is 21.2. The van der Waals surface area contributed by atoms with Crippen molar-refractivity contribution in [3.05, 3.63) is 72.9 Å². The van der Waals surface area contributed by atoms with Gasteiger partial charge in [-0.1, -0.05) is 151 Å². The van der Waals surface area contributed by atoms with Gasteiger partial charge in [-0.25, -0.2) is 0 Å². The van der Waals surface area contributed by atoms with Crippen LogP contribution in [0.4, 0.5) is 0 Å². The van der Waals surface area contributed by atoms with Crippen LogP contribution < -0.4 is 5.32 Å². The van der Waals surface area contributed by atoms with Gasteiger partial charge in [-0.3, -0.25) is 4.79 Å². The molecule has 9 heteroatoms. The van der Waals surface area contributed by atoms with Crippen molar-refractivity contribution in [1.82, 2.24) is 5.32 Å². The first-order valence-electron chi connectivity index (χ1n) is 21.2. The number of amides is 1. The second-order valence-corrected chi connectivity index (χ2v) is 14.4. The number of aliphatic hydroxyl groups is 5. The molecule has 0 aliphatic carbocycles. The molecule has 9 nitrogen and oxygen atoms in total. The number of unbranched alkanes of at least 4 members (excludes halogenated alkanes) is 13. The zero-order chi connectivity index (χ0) is 39.5. The van der Waals surface area contributed by atoms with Gasteiger partial charge in [-0.2, -0.15) is 0 Å². The van der Waals surface area contributed by atoms with E-state index in [4.69, 9.17) is 9.47 Å². The molecule has 1 rings (SSSR count). The van der Waals surface area contributed by atoms with Crippen molar-refractivity contribution in [3.8, 4) is 0 Å². The van der Waals surface area contributed by atoms with Gasteiger partial charge in [0.1, 0.15) is 24.4 Å². The highest BCUT2D eigenvalue weighted by molar-refractivity contribution is 5.76. The van der Waals surface area contributed by atoms with Crippen molar-refractivity contribution in [3.63, 3.8) is 0 Å². The molecule has 1 saturated heterocycles. The van der Waals surface area contributed by atoms with E-state index < -0.39 is 49.5 Å². The molecule has 0 aromatic rings. The maximum absolute atomic E-state index is 12.9. The Balaban J connectivity index is 2.28. The zero-order valence-electron chi connectivity index (χ0n) is 33.7. The second-order valence-electron chi connectivity index (χ2n) is 14.4. The Bertz CT molecular complexity index is 1070. The summed E-state index contributed by atoms with van der Waals surface area (Å²) >= 11 is 0. The smallest absolute Gasteiger partial charge is 0.220 e. The first-order chi connectivity index (χ1) is 26.3. The Morgan fingerprint density at radius 1 is 0.648 bits per heavy atom. The molecule has 7 atom stereocenters. The van der Waals surface area contributed by atoms with Gasteiger partial charge >= 0.3 is 0 Å². The van der Waals surface area contributed by atoms with E-state index in [1.807, 2.05) is 6.08 Å². The number of carbonyl (C=O) groups excluding carboxylic acids is 1. The molecule has 0 saturated carbocycles. The lowest BCUT2D eigenvalue weighted by molar-refractivity contribution is -0.302. The van der Waals surface area contributed by atoms with Gasteiger partial charge in [0.2, 0.25) is 5.91 Å². The summed E-state index contributed by atoms with van der Waals surface area (Å²) < 4.78 is 11.1. The molecule has 6 N–H and O–H groups in total. The van der Waals surface area contributed by atoms with E-state index in [2.05, 4.69) is 79.9 Å². The van der Waals surface area contributed by atoms with Crippen LogP contribution in [-0.2, 0) is 14.3 Å². The van der Waals surface area contributed by atoms with E-state index in [1.165, 1.54) is 38.5 Å². The quantitative estimate of drug-likeness (QED) is 0.0290. The molecule has 0 aromatic carbocycles. The predicted molar refractivity (Wildman–Crippen MR) is 221 cm³/mol. The average molecular weight is 760 g/mol. The van der Waals surface area contributed by atoms with Crippen LogP contribution >= 0.6 is 0 Å². The minimum Gasteiger partial charge on any atom is -0.394 e. The Morgan fingerprint density at radius 2 is 1.17 bits per heavy atom. The van der Waals surface area contributed by atoms with Crippen LogP contribution in [0, 0.1) is 0 Å². The largest absolute Gasteiger partial charge is 0.394 e. The summed E-state index contributed by atoms with van der Waals surface area (Å²) in [6.07, 6.45) is 39.7. The maximum atomic E-state index is 12.9. The lowest BCUT2D eigenvalue weighted by atomic mass is 9.99. The molecule has 0 aromatic heterocycles. The molecular weight excluding hydrogens is 682 g/mol. The number of hydrogen-bond donors (Lipinski definition) is 6. The highest BCUT2D eigenvalue weighted by Crippen LogP contribution is 2.22. The molecule has 1 heterocycles. The van der Waals surface area contributed by atoms with Crippen LogP contribution in [-0.4, -0.2) is 87.5 Å². The number of hydrogen-bond acceptors (Lipinski definition) is 8. The minimum absolute atomic E-state index is 0.200. The number of rotatable bonds is 33. The molecule has 7 unspecified atom stereocenters. The van der Waals surface area contributed by atoms with E-state index in [9.17, 15) is 30.3 Å². The standard InChI is InChI=1S/C45H77NO8/c1-3-5-7-9-11-13-14-15-16-17-18-19-20-21-22-23-24-25-26-27-29-31-33-35-41(49)46-38(39(48)34-32-30-28-12-10-8-6-4-2)37-53-45-44(52)43(51)42(50)40(36-47)54-45/h5,7,10-13,15-16,18-19,32,34,38-40,42-45,47-48,50-52H,3-4,6,8-9,14,17,20-31,33,35-37H2,1-2H3,(H,46,49)/b7-5-,12-10+,13-11-,16-15-,19-18-,34-32+. The summed E-state index contributed by atoms with van der Waals surface area (Å²) in [5, 5.41) is 53.8. The molecule has 54 heavy (non-hydrogen) atoms. The monoisotopic (exact) mass is 760 g/mol. The number of allylic oxidation sites excluding steroid dienone is 11. The number of nitrogens with one attached hydrogen (secondary N) is 1. The Hall–Kier alpha value is -2.37. The number of aliphatic hydroxyl groups excluding tert-OH is 5. The molecule has 1 aliphatic rings. The van der Waals surface area contributed by atoms with Crippen molar-refractivity contribution in [1.29, 1.82) is 0 Å².